The van der Waals surface area contributed by atoms with Gasteiger partial charge in [0, 0.05) is 18.8 Å². The summed E-state index contributed by atoms with van der Waals surface area (Å²) in [6.07, 6.45) is 3.70. The number of nitrogens with one attached hydrogen (secondary N) is 2. The average molecular weight is 311 g/mol. The highest BCUT2D eigenvalue weighted by molar-refractivity contribution is 7.92. The molecule has 1 atom stereocenters. The van der Waals surface area contributed by atoms with Crippen LogP contribution in [0.4, 0.5) is 11.4 Å². The SMILES string of the molecule is Cc1cc(NCC2CCCN(C)C2)ccc1NS(C)(=O)=O. The van der Waals surface area contributed by atoms with Crippen LogP contribution in [-0.4, -0.2) is 46.3 Å². The van der Waals surface area contributed by atoms with E-state index in [9.17, 15) is 8.42 Å². The molecule has 0 aromatic heterocycles. The zero-order valence-corrected chi connectivity index (χ0v) is 13.8. The molecule has 0 amide bonds. The minimum Gasteiger partial charge on any atom is -0.385 e. The number of likely N-dealkylation sites (tertiary alicyclic amines) is 1. The van der Waals surface area contributed by atoms with E-state index in [-0.39, 0.29) is 0 Å². The normalized spacial score (nSPS) is 20.2. The number of sulfonamides is 1. The summed E-state index contributed by atoms with van der Waals surface area (Å²) < 4.78 is 25.1. The fraction of sp³-hybridized carbons (Fsp3) is 0.600. The second-order valence-electron chi connectivity index (χ2n) is 6.06. The second-order valence-corrected chi connectivity index (χ2v) is 7.80. The third-order valence-corrected chi connectivity index (χ3v) is 4.43. The number of piperidine rings is 1. The first-order valence-electron chi connectivity index (χ1n) is 7.34. The maximum atomic E-state index is 11.3. The van der Waals surface area contributed by atoms with Crippen molar-refractivity contribution in [3.63, 3.8) is 0 Å². The quantitative estimate of drug-likeness (QED) is 0.874. The standard InChI is InChI=1S/C15H25N3O2S/c1-12-9-14(6-7-15(12)17-21(3,19)20)16-10-13-5-4-8-18(2)11-13/h6-7,9,13,16-17H,4-5,8,10-11H2,1-3H3. The summed E-state index contributed by atoms with van der Waals surface area (Å²) in [6.45, 7) is 5.21. The summed E-state index contributed by atoms with van der Waals surface area (Å²) in [5.41, 5.74) is 2.60. The van der Waals surface area contributed by atoms with E-state index in [0.717, 1.165) is 30.6 Å². The third kappa shape index (κ3) is 5.21. The Hall–Kier alpha value is -1.27. The topological polar surface area (TPSA) is 61.4 Å². The van der Waals surface area contributed by atoms with Gasteiger partial charge in [0.1, 0.15) is 0 Å². The molecule has 1 aliphatic heterocycles. The summed E-state index contributed by atoms with van der Waals surface area (Å²) in [5.74, 6) is 0.679. The van der Waals surface area contributed by atoms with Crippen LogP contribution >= 0.6 is 0 Å². The molecule has 2 N–H and O–H groups in total. The predicted octanol–water partition coefficient (Wildman–Crippen LogP) is 2.12. The minimum atomic E-state index is -3.22. The van der Waals surface area contributed by atoms with Gasteiger partial charge in [0.2, 0.25) is 10.0 Å². The maximum Gasteiger partial charge on any atom is 0.229 e. The van der Waals surface area contributed by atoms with Gasteiger partial charge in [-0.3, -0.25) is 4.72 Å². The molecular weight excluding hydrogens is 286 g/mol. The Balaban J connectivity index is 1.94. The van der Waals surface area contributed by atoms with Crippen LogP contribution in [0.1, 0.15) is 18.4 Å². The molecule has 5 nitrogen and oxygen atoms in total. The molecule has 118 valence electrons. The highest BCUT2D eigenvalue weighted by Gasteiger charge is 2.16. The van der Waals surface area contributed by atoms with Gasteiger partial charge < -0.3 is 10.2 Å². The number of rotatable bonds is 5. The number of hydrogen-bond donors (Lipinski definition) is 2. The van der Waals surface area contributed by atoms with Gasteiger partial charge in [-0.2, -0.15) is 0 Å². The smallest absolute Gasteiger partial charge is 0.229 e. The second kappa shape index (κ2) is 6.66. The van der Waals surface area contributed by atoms with E-state index in [2.05, 4.69) is 22.0 Å². The first-order valence-corrected chi connectivity index (χ1v) is 9.23. The van der Waals surface area contributed by atoms with Gasteiger partial charge in [-0.25, -0.2) is 8.42 Å². The van der Waals surface area contributed by atoms with E-state index in [1.807, 2.05) is 25.1 Å². The van der Waals surface area contributed by atoms with Crippen LogP contribution < -0.4 is 10.0 Å². The lowest BCUT2D eigenvalue weighted by Crippen LogP contribution is -2.35. The number of hydrogen-bond acceptors (Lipinski definition) is 4. The molecule has 1 saturated heterocycles. The lowest BCUT2D eigenvalue weighted by molar-refractivity contribution is 0.217. The molecule has 1 aromatic rings. The first-order chi connectivity index (χ1) is 9.83. The van der Waals surface area contributed by atoms with E-state index in [4.69, 9.17) is 0 Å². The van der Waals surface area contributed by atoms with Gasteiger partial charge >= 0.3 is 0 Å². The summed E-state index contributed by atoms with van der Waals surface area (Å²) in [5, 5.41) is 3.46. The highest BCUT2D eigenvalue weighted by Crippen LogP contribution is 2.22. The molecule has 6 heteroatoms. The Labute approximate surface area is 127 Å². The van der Waals surface area contributed by atoms with Crippen molar-refractivity contribution >= 4 is 21.4 Å². The molecule has 0 saturated carbocycles. The van der Waals surface area contributed by atoms with Crippen molar-refractivity contribution in [2.45, 2.75) is 19.8 Å². The van der Waals surface area contributed by atoms with Crippen molar-refractivity contribution < 1.29 is 8.42 Å². The van der Waals surface area contributed by atoms with Gasteiger partial charge in [0.05, 0.1) is 11.9 Å². The molecule has 1 aliphatic rings. The fourth-order valence-electron chi connectivity index (χ4n) is 2.79. The Morgan fingerprint density at radius 3 is 2.76 bits per heavy atom. The van der Waals surface area contributed by atoms with Gasteiger partial charge in [-0.1, -0.05) is 0 Å². The molecular formula is C15H25N3O2S. The minimum absolute atomic E-state index is 0.639. The molecule has 1 heterocycles. The Kier molecular flexibility index (Phi) is 5.11. The number of nitrogens with zero attached hydrogens (tertiary/aromatic N) is 1. The van der Waals surface area contributed by atoms with Crippen molar-refractivity contribution in [1.29, 1.82) is 0 Å². The van der Waals surface area contributed by atoms with E-state index in [0.29, 0.717) is 11.6 Å². The van der Waals surface area contributed by atoms with Crippen LogP contribution in [0.3, 0.4) is 0 Å². The van der Waals surface area contributed by atoms with Gasteiger partial charge in [0.25, 0.3) is 0 Å². The average Bonchev–Trinajstić information content (AvgIpc) is 2.38. The van der Waals surface area contributed by atoms with E-state index >= 15 is 0 Å². The van der Waals surface area contributed by atoms with Crippen LogP contribution in [0.5, 0.6) is 0 Å². The summed E-state index contributed by atoms with van der Waals surface area (Å²) >= 11 is 0. The van der Waals surface area contributed by atoms with Crippen LogP contribution in [0.15, 0.2) is 18.2 Å². The Morgan fingerprint density at radius 2 is 2.14 bits per heavy atom. The molecule has 1 unspecified atom stereocenters. The van der Waals surface area contributed by atoms with Crippen LogP contribution in [0.2, 0.25) is 0 Å². The molecule has 0 spiro atoms. The summed E-state index contributed by atoms with van der Waals surface area (Å²) in [7, 11) is -1.06. The Bertz CT molecular complexity index is 587. The highest BCUT2D eigenvalue weighted by atomic mass is 32.2. The lowest BCUT2D eigenvalue weighted by atomic mass is 9.98. The molecule has 0 radical (unpaired) electrons. The van der Waals surface area contributed by atoms with Crippen molar-refractivity contribution in [2.24, 2.45) is 5.92 Å². The largest absolute Gasteiger partial charge is 0.385 e. The van der Waals surface area contributed by atoms with Gasteiger partial charge in [-0.05, 0) is 63.0 Å². The molecule has 1 aromatic carbocycles. The number of benzene rings is 1. The Morgan fingerprint density at radius 1 is 1.38 bits per heavy atom. The fourth-order valence-corrected chi connectivity index (χ4v) is 3.42. The monoisotopic (exact) mass is 311 g/mol. The predicted molar refractivity (Wildman–Crippen MR) is 88.4 cm³/mol. The number of anilines is 2. The van der Waals surface area contributed by atoms with E-state index in [1.165, 1.54) is 19.4 Å². The zero-order chi connectivity index (χ0) is 15.5. The van der Waals surface area contributed by atoms with Crippen molar-refractivity contribution in [1.82, 2.24) is 4.90 Å². The van der Waals surface area contributed by atoms with E-state index in [1.54, 1.807) is 0 Å². The zero-order valence-electron chi connectivity index (χ0n) is 13.0. The van der Waals surface area contributed by atoms with Crippen LogP contribution in [0, 0.1) is 12.8 Å². The van der Waals surface area contributed by atoms with E-state index < -0.39 is 10.0 Å². The van der Waals surface area contributed by atoms with Crippen molar-refractivity contribution in [3.8, 4) is 0 Å². The summed E-state index contributed by atoms with van der Waals surface area (Å²) in [6, 6.07) is 5.72. The summed E-state index contributed by atoms with van der Waals surface area (Å²) in [4.78, 5) is 2.38. The molecule has 2 rings (SSSR count). The van der Waals surface area contributed by atoms with Gasteiger partial charge in [0.15, 0.2) is 0 Å². The molecule has 0 aliphatic carbocycles. The number of aryl methyl sites for hydroxylation is 1. The lowest BCUT2D eigenvalue weighted by Gasteiger charge is -2.30. The van der Waals surface area contributed by atoms with Crippen LogP contribution in [-0.2, 0) is 10.0 Å². The molecule has 21 heavy (non-hydrogen) atoms. The molecule has 1 fully saturated rings. The van der Waals surface area contributed by atoms with Gasteiger partial charge in [-0.15, -0.1) is 0 Å². The first kappa shape index (κ1) is 16.1. The molecule has 0 bridgehead atoms. The van der Waals surface area contributed by atoms with Crippen molar-refractivity contribution in [2.75, 3.05) is 43.0 Å². The van der Waals surface area contributed by atoms with Crippen molar-refractivity contribution in [3.05, 3.63) is 23.8 Å². The third-order valence-electron chi connectivity index (χ3n) is 3.84. The van der Waals surface area contributed by atoms with Crippen LogP contribution in [0.25, 0.3) is 0 Å². The maximum absolute atomic E-state index is 11.3.